The first-order valence-electron chi connectivity index (χ1n) is 14.8. The topological polar surface area (TPSA) is 66.9 Å². The number of nitrogens with two attached hydrogens (primary N) is 1. The van der Waals surface area contributed by atoms with Gasteiger partial charge in [0.2, 0.25) is 0 Å². The maximum absolute atomic E-state index is 14.6. The fourth-order valence-electron chi connectivity index (χ4n) is 10.6. The number of rotatable bonds is 5. The van der Waals surface area contributed by atoms with Gasteiger partial charge >= 0.3 is 0 Å². The molecule has 204 valence electrons. The number of allylic oxidation sites excluding steroid dienone is 5. The Bertz CT molecular complexity index is 1070. The third kappa shape index (κ3) is 3.87. The highest BCUT2D eigenvalue weighted by molar-refractivity contribution is 5.95. The lowest BCUT2D eigenvalue weighted by Crippen LogP contribution is -2.65. The first-order chi connectivity index (χ1) is 17.1. The van der Waals surface area contributed by atoms with E-state index >= 15 is 0 Å². The summed E-state index contributed by atoms with van der Waals surface area (Å²) in [5.74, 6) is 0.986. The van der Waals surface area contributed by atoms with Crippen molar-refractivity contribution in [1.29, 1.82) is 5.26 Å². The Morgan fingerprint density at radius 2 is 1.86 bits per heavy atom. The van der Waals surface area contributed by atoms with Crippen LogP contribution < -0.4 is 5.73 Å². The maximum Gasteiger partial charge on any atom is 0.159 e. The van der Waals surface area contributed by atoms with E-state index in [1.54, 1.807) is 0 Å². The Morgan fingerprint density at radius 1 is 1.19 bits per heavy atom. The lowest BCUT2D eigenvalue weighted by Gasteiger charge is -2.69. The monoisotopic (exact) mass is 504 g/mol. The molecule has 3 heteroatoms. The van der Waals surface area contributed by atoms with Crippen LogP contribution in [0.2, 0.25) is 0 Å². The van der Waals surface area contributed by atoms with Crippen molar-refractivity contribution in [1.82, 2.24) is 0 Å². The van der Waals surface area contributed by atoms with Crippen LogP contribution in [0.4, 0.5) is 0 Å². The van der Waals surface area contributed by atoms with Crippen LogP contribution in [0.3, 0.4) is 0 Å². The minimum Gasteiger partial charge on any atom is -0.330 e. The highest BCUT2D eigenvalue weighted by Crippen LogP contribution is 2.73. The highest BCUT2D eigenvalue weighted by Gasteiger charge is 2.68. The molecule has 0 amide bonds. The molecule has 7 atom stereocenters. The van der Waals surface area contributed by atoms with Crippen LogP contribution in [0, 0.1) is 61.6 Å². The highest BCUT2D eigenvalue weighted by atomic mass is 16.1. The van der Waals surface area contributed by atoms with Gasteiger partial charge in [-0.1, -0.05) is 66.2 Å². The summed E-state index contributed by atoms with van der Waals surface area (Å²) in [6.07, 6.45) is 15.2. The lowest BCUT2D eigenvalue weighted by molar-refractivity contribution is -0.182. The number of nitriles is 1. The van der Waals surface area contributed by atoms with Gasteiger partial charge in [0.1, 0.15) is 0 Å². The summed E-state index contributed by atoms with van der Waals surface area (Å²) < 4.78 is 0. The van der Waals surface area contributed by atoms with Crippen molar-refractivity contribution >= 4 is 5.78 Å². The summed E-state index contributed by atoms with van der Waals surface area (Å²) in [6, 6.07) is 2.39. The van der Waals surface area contributed by atoms with Gasteiger partial charge in [0.25, 0.3) is 0 Å². The predicted molar refractivity (Wildman–Crippen MR) is 153 cm³/mol. The number of carbonyl (C=O) groups is 1. The summed E-state index contributed by atoms with van der Waals surface area (Å²) in [4.78, 5) is 14.6. The SMILES string of the molecule is C=CC(C)(C)C1CCC2(C)C(=CC(=O)C3C2CCC2(CN)CCC(C)(C)CC32CC)C1(C)/C=C(\C)C#N. The normalized spacial score (nSPS) is 43.6. The van der Waals surface area contributed by atoms with Gasteiger partial charge in [0, 0.05) is 16.9 Å². The fourth-order valence-corrected chi connectivity index (χ4v) is 10.6. The van der Waals surface area contributed by atoms with Gasteiger partial charge in [-0.15, -0.1) is 6.58 Å². The number of fused-ring (bicyclic) bond motifs is 5. The average Bonchev–Trinajstić information content (AvgIpc) is 2.84. The zero-order valence-corrected chi connectivity index (χ0v) is 25.0. The Morgan fingerprint density at radius 3 is 2.43 bits per heavy atom. The third-order valence-electron chi connectivity index (χ3n) is 12.5. The second-order valence-corrected chi connectivity index (χ2v) is 15.2. The van der Waals surface area contributed by atoms with Crippen LogP contribution in [-0.4, -0.2) is 12.3 Å². The molecule has 2 N–H and O–H groups in total. The number of carbonyl (C=O) groups excluding carboxylic acids is 1. The van der Waals surface area contributed by atoms with E-state index in [1.807, 2.05) is 6.92 Å². The summed E-state index contributed by atoms with van der Waals surface area (Å²) in [7, 11) is 0. The molecule has 0 aromatic rings. The second-order valence-electron chi connectivity index (χ2n) is 15.2. The molecular formula is C34H52N2O. The average molecular weight is 505 g/mol. The fraction of sp³-hybridized carbons (Fsp3) is 0.765. The van der Waals surface area contributed by atoms with Gasteiger partial charge in [0.05, 0.1) is 6.07 Å². The van der Waals surface area contributed by atoms with E-state index in [0.717, 1.165) is 50.5 Å². The number of hydrogen-bond donors (Lipinski definition) is 1. The van der Waals surface area contributed by atoms with Crippen molar-refractivity contribution in [2.45, 2.75) is 107 Å². The van der Waals surface area contributed by atoms with Crippen molar-refractivity contribution in [2.24, 2.45) is 56.0 Å². The van der Waals surface area contributed by atoms with Crippen LogP contribution in [-0.2, 0) is 4.79 Å². The molecule has 3 saturated carbocycles. The lowest BCUT2D eigenvalue weighted by atomic mass is 9.34. The van der Waals surface area contributed by atoms with Crippen molar-refractivity contribution < 1.29 is 4.79 Å². The summed E-state index contributed by atoms with van der Waals surface area (Å²) in [6.45, 7) is 23.2. The molecule has 0 aromatic carbocycles. The molecule has 0 saturated heterocycles. The summed E-state index contributed by atoms with van der Waals surface area (Å²) >= 11 is 0. The smallest absolute Gasteiger partial charge is 0.159 e. The Kier molecular flexibility index (Phi) is 6.85. The molecule has 4 aliphatic rings. The summed E-state index contributed by atoms with van der Waals surface area (Å²) in [5, 5.41) is 9.79. The molecular weight excluding hydrogens is 452 g/mol. The molecule has 0 bridgehead atoms. The van der Waals surface area contributed by atoms with Gasteiger partial charge in [0.15, 0.2) is 5.78 Å². The van der Waals surface area contributed by atoms with E-state index in [1.165, 1.54) is 12.0 Å². The van der Waals surface area contributed by atoms with Crippen LogP contribution in [0.15, 0.2) is 36.0 Å². The molecule has 0 heterocycles. The number of nitrogens with zero attached hydrogens (tertiary/aromatic N) is 1. The van der Waals surface area contributed by atoms with Crippen LogP contribution >= 0.6 is 0 Å². The molecule has 3 fully saturated rings. The zero-order valence-electron chi connectivity index (χ0n) is 25.0. The molecule has 0 aliphatic heterocycles. The molecule has 4 rings (SSSR count). The first-order valence-corrected chi connectivity index (χ1v) is 14.8. The second kappa shape index (κ2) is 8.94. The van der Waals surface area contributed by atoms with Crippen molar-refractivity contribution in [3.05, 3.63) is 36.0 Å². The predicted octanol–water partition coefficient (Wildman–Crippen LogP) is 8.18. The third-order valence-corrected chi connectivity index (χ3v) is 12.5. The van der Waals surface area contributed by atoms with E-state index in [9.17, 15) is 10.1 Å². The van der Waals surface area contributed by atoms with E-state index in [4.69, 9.17) is 5.73 Å². The van der Waals surface area contributed by atoms with E-state index in [-0.39, 0.29) is 44.3 Å². The van der Waals surface area contributed by atoms with E-state index in [0.29, 0.717) is 18.2 Å². The maximum atomic E-state index is 14.6. The number of ketones is 1. The van der Waals surface area contributed by atoms with Crippen molar-refractivity contribution in [3.63, 3.8) is 0 Å². The Labute approximate surface area is 227 Å². The van der Waals surface area contributed by atoms with Crippen LogP contribution in [0.5, 0.6) is 0 Å². The van der Waals surface area contributed by atoms with Crippen molar-refractivity contribution in [2.75, 3.05) is 6.54 Å². The van der Waals surface area contributed by atoms with Crippen LogP contribution in [0.25, 0.3) is 0 Å². The van der Waals surface area contributed by atoms with E-state index in [2.05, 4.69) is 79.3 Å². The minimum atomic E-state index is -0.362. The molecule has 4 aliphatic carbocycles. The first kappa shape index (κ1) is 28.4. The molecule has 0 spiro atoms. The standard InChI is InChI=1S/C34H52N2O/c1-10-30(6,7)26-13-14-31(8)24-12-15-33(22-36)17-16-29(4,5)21-34(33,11-2)28(24)25(37)18-27(31)32(26,9)19-23(3)20-35/h10,18-19,24,26,28H,1,11-17,21-22,36H2,2-9H3/b23-19+. The minimum absolute atomic E-state index is 0.0392. The molecule has 0 aromatic heterocycles. The summed E-state index contributed by atoms with van der Waals surface area (Å²) in [5.41, 5.74) is 8.38. The van der Waals surface area contributed by atoms with Gasteiger partial charge in [-0.2, -0.15) is 5.26 Å². The van der Waals surface area contributed by atoms with Gasteiger partial charge in [-0.3, -0.25) is 4.79 Å². The molecule has 7 unspecified atom stereocenters. The molecule has 0 radical (unpaired) electrons. The van der Waals surface area contributed by atoms with Gasteiger partial charge < -0.3 is 5.73 Å². The largest absolute Gasteiger partial charge is 0.330 e. The van der Waals surface area contributed by atoms with Gasteiger partial charge in [-0.25, -0.2) is 0 Å². The van der Waals surface area contributed by atoms with E-state index < -0.39 is 0 Å². The molecule has 37 heavy (non-hydrogen) atoms. The number of hydrogen-bond acceptors (Lipinski definition) is 3. The van der Waals surface area contributed by atoms with Crippen molar-refractivity contribution in [3.8, 4) is 6.07 Å². The zero-order chi connectivity index (χ0) is 27.7. The Hall–Kier alpha value is -1.66. The van der Waals surface area contributed by atoms with Crippen LogP contribution in [0.1, 0.15) is 107 Å². The molecule has 3 nitrogen and oxygen atoms in total. The Balaban J connectivity index is 1.94. The quantitative estimate of drug-likeness (QED) is 0.303. The van der Waals surface area contributed by atoms with Gasteiger partial charge in [-0.05, 0) is 110 Å².